The lowest BCUT2D eigenvalue weighted by Gasteiger charge is -2.09. The molecule has 14 heavy (non-hydrogen) atoms. The lowest BCUT2D eigenvalue weighted by Crippen LogP contribution is -2.00. The zero-order valence-corrected chi connectivity index (χ0v) is 9.11. The summed E-state index contributed by atoms with van der Waals surface area (Å²) >= 11 is 0. The molecule has 0 aliphatic heterocycles. The summed E-state index contributed by atoms with van der Waals surface area (Å²) in [7, 11) is 0. The van der Waals surface area contributed by atoms with E-state index in [9.17, 15) is 4.48 Å². The number of hydrogen-bond acceptors (Lipinski definition) is 1. The number of aryl methyl sites for hydroxylation is 2. The van der Waals surface area contributed by atoms with Gasteiger partial charge in [-0.25, -0.2) is 5.54 Å². The van der Waals surface area contributed by atoms with Crippen molar-refractivity contribution in [2.24, 2.45) is 0 Å². The van der Waals surface area contributed by atoms with Gasteiger partial charge in [0, 0.05) is 5.70 Å². The van der Waals surface area contributed by atoms with Crippen LogP contribution in [0.1, 0.15) is 30.5 Å². The summed E-state index contributed by atoms with van der Waals surface area (Å²) in [5, 5.41) is 0. The summed E-state index contributed by atoms with van der Waals surface area (Å²) in [5.41, 5.74) is 6.67. The molecule has 0 saturated heterocycles. The van der Waals surface area contributed by atoms with Gasteiger partial charge in [0.2, 0.25) is 0 Å². The second-order valence-corrected chi connectivity index (χ2v) is 3.66. The van der Waals surface area contributed by atoms with Gasteiger partial charge in [-0.05, 0) is 44.4 Å². The molecule has 2 heteroatoms. The smallest absolute Gasteiger partial charge is 0.0433 e. The topological polar surface area (TPSA) is 12.0 Å². The van der Waals surface area contributed by atoms with Gasteiger partial charge < -0.3 is 0 Å². The first-order valence-corrected chi connectivity index (χ1v) is 4.68. The highest BCUT2D eigenvalue weighted by Gasteiger charge is 2.04. The van der Waals surface area contributed by atoms with Crippen LogP contribution < -0.4 is 5.54 Å². The first-order chi connectivity index (χ1) is 6.56. The van der Waals surface area contributed by atoms with Crippen LogP contribution in [0.25, 0.3) is 5.57 Å². The largest absolute Gasteiger partial charge is 0.229 e. The Morgan fingerprint density at radius 1 is 1.21 bits per heavy atom. The van der Waals surface area contributed by atoms with E-state index in [1.54, 1.807) is 12.5 Å². The second kappa shape index (κ2) is 4.27. The average Bonchev–Trinajstić information content (AvgIpc) is 2.19. The van der Waals surface area contributed by atoms with Crippen LogP contribution in [-0.2, 0) is 0 Å². The first kappa shape index (κ1) is 10.8. The maximum absolute atomic E-state index is 12.2. The maximum Gasteiger partial charge on any atom is 0.0433 e. The summed E-state index contributed by atoms with van der Waals surface area (Å²) < 4.78 is 12.2. The van der Waals surface area contributed by atoms with Gasteiger partial charge in [0.25, 0.3) is 0 Å². The number of halogens is 1. The normalized spacial score (nSPS) is 12.4. The Balaban J connectivity index is 3.25. The van der Waals surface area contributed by atoms with Crippen molar-refractivity contribution in [1.29, 1.82) is 0 Å². The third-order valence-corrected chi connectivity index (χ3v) is 2.50. The number of allylic oxidation sites excluding steroid dienone is 2. The van der Waals surface area contributed by atoms with E-state index in [-0.39, 0.29) is 0 Å². The van der Waals surface area contributed by atoms with Gasteiger partial charge >= 0.3 is 0 Å². The van der Waals surface area contributed by atoms with E-state index in [1.807, 2.05) is 20.8 Å². The molecule has 0 spiro atoms. The van der Waals surface area contributed by atoms with Crippen molar-refractivity contribution in [3.8, 4) is 0 Å². The summed E-state index contributed by atoms with van der Waals surface area (Å²) in [6.07, 6.45) is 0. The van der Waals surface area contributed by atoms with E-state index < -0.39 is 0 Å². The highest BCUT2D eigenvalue weighted by Crippen LogP contribution is 2.21. The molecule has 0 aliphatic carbocycles. The molecule has 0 aliphatic rings. The van der Waals surface area contributed by atoms with Gasteiger partial charge in [-0.1, -0.05) is 23.8 Å². The molecular formula is C12H16FN. The zero-order valence-electron chi connectivity index (χ0n) is 9.11. The van der Waals surface area contributed by atoms with Gasteiger partial charge in [0.05, 0.1) is 0 Å². The molecule has 1 rings (SSSR count). The summed E-state index contributed by atoms with van der Waals surface area (Å²) in [6.45, 7) is 7.72. The number of nitrogens with one attached hydrogen (secondary N) is 1. The molecule has 0 bridgehead atoms. The van der Waals surface area contributed by atoms with Crippen LogP contribution in [0, 0.1) is 13.8 Å². The number of rotatable bonds is 2. The van der Waals surface area contributed by atoms with Crippen molar-refractivity contribution in [3.63, 3.8) is 0 Å². The fourth-order valence-corrected chi connectivity index (χ4v) is 1.41. The molecule has 1 N–H and O–H groups in total. The predicted molar refractivity (Wildman–Crippen MR) is 58.4 cm³/mol. The minimum atomic E-state index is 0.568. The van der Waals surface area contributed by atoms with Crippen molar-refractivity contribution in [3.05, 3.63) is 40.6 Å². The average molecular weight is 193 g/mol. The Bertz CT molecular complexity index is 367. The molecule has 0 atom stereocenters. The zero-order chi connectivity index (χ0) is 10.7. The minimum absolute atomic E-state index is 0.568. The molecule has 0 fully saturated rings. The number of hydrogen-bond donors (Lipinski definition) is 1. The Labute approximate surface area is 84.6 Å². The van der Waals surface area contributed by atoms with E-state index >= 15 is 0 Å². The summed E-state index contributed by atoms with van der Waals surface area (Å²) in [4.78, 5) is 0. The van der Waals surface area contributed by atoms with E-state index in [1.165, 1.54) is 11.1 Å². The molecule has 1 aromatic rings. The quantitative estimate of drug-likeness (QED) is 0.708. The molecule has 0 radical (unpaired) electrons. The third-order valence-electron chi connectivity index (χ3n) is 2.50. The molecule has 0 saturated carbocycles. The van der Waals surface area contributed by atoms with Crippen LogP contribution in [0.2, 0.25) is 0 Å². The molecule has 0 unspecified atom stereocenters. The molecule has 0 heterocycles. The molecule has 1 aromatic carbocycles. The van der Waals surface area contributed by atoms with Gasteiger partial charge in [-0.2, -0.15) is 0 Å². The van der Waals surface area contributed by atoms with Crippen LogP contribution in [0.15, 0.2) is 23.9 Å². The van der Waals surface area contributed by atoms with Gasteiger partial charge in [0.1, 0.15) is 0 Å². The fourth-order valence-electron chi connectivity index (χ4n) is 1.41. The Kier molecular flexibility index (Phi) is 3.28. The van der Waals surface area contributed by atoms with Crippen LogP contribution >= 0.6 is 0 Å². The van der Waals surface area contributed by atoms with Gasteiger partial charge in [-0.3, -0.25) is 0 Å². The highest BCUT2D eigenvalue weighted by molar-refractivity contribution is 5.69. The van der Waals surface area contributed by atoms with E-state index in [4.69, 9.17) is 0 Å². The van der Waals surface area contributed by atoms with Gasteiger partial charge in [0.15, 0.2) is 0 Å². The SMILES string of the molecule is C/C(NF)=C(/C)c1cc(C)ccc1C. The summed E-state index contributed by atoms with van der Waals surface area (Å²) in [5.74, 6) is 0. The standard InChI is InChI=1S/C12H16FN/c1-8-5-6-9(2)12(7-8)10(3)11(4)14-13/h5-7,14H,1-4H3/b11-10+. The van der Waals surface area contributed by atoms with Crippen molar-refractivity contribution in [2.75, 3.05) is 0 Å². The highest BCUT2D eigenvalue weighted by atomic mass is 19.2. The van der Waals surface area contributed by atoms with Gasteiger partial charge in [-0.15, -0.1) is 4.48 Å². The lowest BCUT2D eigenvalue weighted by molar-refractivity contribution is 0.387. The van der Waals surface area contributed by atoms with E-state index in [0.717, 1.165) is 11.1 Å². The second-order valence-electron chi connectivity index (χ2n) is 3.66. The lowest BCUT2D eigenvalue weighted by atomic mass is 9.98. The van der Waals surface area contributed by atoms with Crippen LogP contribution in [-0.4, -0.2) is 0 Å². The van der Waals surface area contributed by atoms with Crippen LogP contribution in [0.3, 0.4) is 0 Å². The number of benzene rings is 1. The van der Waals surface area contributed by atoms with Crippen molar-refractivity contribution in [2.45, 2.75) is 27.7 Å². The molecule has 76 valence electrons. The van der Waals surface area contributed by atoms with E-state index in [2.05, 4.69) is 18.2 Å². The molecular weight excluding hydrogens is 177 g/mol. The Morgan fingerprint density at radius 3 is 2.43 bits per heavy atom. The Morgan fingerprint density at radius 2 is 1.86 bits per heavy atom. The van der Waals surface area contributed by atoms with Crippen molar-refractivity contribution >= 4 is 5.57 Å². The van der Waals surface area contributed by atoms with Crippen LogP contribution in [0.5, 0.6) is 0 Å². The summed E-state index contributed by atoms with van der Waals surface area (Å²) in [6, 6.07) is 6.19. The molecule has 0 amide bonds. The monoisotopic (exact) mass is 193 g/mol. The van der Waals surface area contributed by atoms with Crippen molar-refractivity contribution < 1.29 is 4.48 Å². The molecule has 1 nitrogen and oxygen atoms in total. The fraction of sp³-hybridized carbons (Fsp3) is 0.333. The predicted octanol–water partition coefficient (Wildman–Crippen LogP) is 3.53. The Hall–Kier alpha value is -1.31. The van der Waals surface area contributed by atoms with Crippen molar-refractivity contribution in [1.82, 2.24) is 5.54 Å². The third kappa shape index (κ3) is 2.13. The molecule has 0 aromatic heterocycles. The van der Waals surface area contributed by atoms with E-state index in [0.29, 0.717) is 5.70 Å². The minimum Gasteiger partial charge on any atom is -0.229 e. The maximum atomic E-state index is 12.2. The first-order valence-electron chi connectivity index (χ1n) is 4.68. The van der Waals surface area contributed by atoms with Crippen LogP contribution in [0.4, 0.5) is 4.48 Å².